The van der Waals surface area contributed by atoms with E-state index < -0.39 is 0 Å². The molecule has 0 aliphatic heterocycles. The van der Waals surface area contributed by atoms with Crippen molar-refractivity contribution in [1.82, 2.24) is 0 Å². The van der Waals surface area contributed by atoms with Crippen molar-refractivity contribution in [2.75, 3.05) is 13.7 Å². The molecule has 1 rings (SSSR count). The third-order valence-electron chi connectivity index (χ3n) is 3.63. The van der Waals surface area contributed by atoms with E-state index >= 15 is 0 Å². The van der Waals surface area contributed by atoms with Crippen LogP contribution in [0.1, 0.15) is 78.4 Å². The summed E-state index contributed by atoms with van der Waals surface area (Å²) < 4.78 is 5.41. The van der Waals surface area contributed by atoms with E-state index in [1.807, 2.05) is 6.07 Å². The minimum Gasteiger partial charge on any atom is -0.496 e. The molecule has 0 aromatic heterocycles. The molecule has 0 atom stereocenters. The minimum atomic E-state index is -0.00575. The Kier molecular flexibility index (Phi) is 10.7. The van der Waals surface area contributed by atoms with Crippen molar-refractivity contribution in [3.05, 3.63) is 35.4 Å². The monoisotopic (exact) mass is 334 g/mol. The first-order valence-corrected chi connectivity index (χ1v) is 9.08. The van der Waals surface area contributed by atoms with Crippen LogP contribution in [0.15, 0.2) is 24.3 Å². The summed E-state index contributed by atoms with van der Waals surface area (Å²) in [6, 6.07) is 6.35. The predicted octanol–water partition coefficient (Wildman–Crippen LogP) is 6.29. The Hall–Kier alpha value is -1.28. The smallest absolute Gasteiger partial charge is 0.126 e. The summed E-state index contributed by atoms with van der Waals surface area (Å²) >= 11 is 0. The minimum absolute atomic E-state index is 0.00575. The first-order chi connectivity index (χ1) is 11.1. The molecule has 24 heavy (non-hydrogen) atoms. The second-order valence-electron chi connectivity index (χ2n) is 8.15. The van der Waals surface area contributed by atoms with Gasteiger partial charge >= 0.3 is 0 Å². The molecule has 1 aromatic rings. The Morgan fingerprint density at radius 1 is 1.12 bits per heavy atom. The Labute approximate surface area is 149 Å². The van der Waals surface area contributed by atoms with E-state index in [1.54, 1.807) is 7.11 Å². The van der Waals surface area contributed by atoms with E-state index in [4.69, 9.17) is 4.74 Å². The molecular formula is C22H38O2. The molecule has 0 bridgehead atoms. The lowest BCUT2D eigenvalue weighted by Gasteiger charge is -2.20. The van der Waals surface area contributed by atoms with Gasteiger partial charge in [-0.1, -0.05) is 66.7 Å². The van der Waals surface area contributed by atoms with Crippen LogP contribution in [0, 0.1) is 11.3 Å². The highest BCUT2D eigenvalue weighted by Crippen LogP contribution is 2.26. The molecule has 0 heterocycles. The normalized spacial score (nSPS) is 11.8. The molecule has 0 aliphatic rings. The predicted molar refractivity (Wildman–Crippen MR) is 107 cm³/mol. The van der Waals surface area contributed by atoms with Gasteiger partial charge in [-0.25, -0.2) is 0 Å². The van der Waals surface area contributed by atoms with Gasteiger partial charge in [0.15, 0.2) is 0 Å². The average Bonchev–Trinajstić information content (AvgIpc) is 2.50. The zero-order valence-corrected chi connectivity index (χ0v) is 17.0. The standard InChI is InChI=1S/C18H28O2.C4H10/c1-14(2)15-9-10-17(20-5)16(12-15)8-6-7-11-18(3,4)13-19;1-4(2)3/h6,8-10,12,14,19H,7,11,13H2,1-5H3;4H,1-3H3/b8-6+;. The van der Waals surface area contributed by atoms with Gasteiger partial charge in [0, 0.05) is 12.2 Å². The van der Waals surface area contributed by atoms with Crippen molar-refractivity contribution in [2.45, 2.75) is 67.2 Å². The molecule has 2 nitrogen and oxygen atoms in total. The maximum absolute atomic E-state index is 9.25. The molecule has 2 heteroatoms. The fourth-order valence-corrected chi connectivity index (χ4v) is 2.01. The second-order valence-corrected chi connectivity index (χ2v) is 8.15. The van der Waals surface area contributed by atoms with E-state index in [0.29, 0.717) is 5.92 Å². The van der Waals surface area contributed by atoms with Crippen molar-refractivity contribution < 1.29 is 9.84 Å². The molecule has 0 amide bonds. The number of hydrogen-bond donors (Lipinski definition) is 1. The molecule has 0 spiro atoms. The fourth-order valence-electron chi connectivity index (χ4n) is 2.01. The summed E-state index contributed by atoms with van der Waals surface area (Å²) in [5.41, 5.74) is 2.44. The van der Waals surface area contributed by atoms with Gasteiger partial charge in [0.25, 0.3) is 0 Å². The number of aliphatic hydroxyl groups is 1. The largest absolute Gasteiger partial charge is 0.496 e. The average molecular weight is 335 g/mol. The molecule has 0 aliphatic carbocycles. The van der Waals surface area contributed by atoms with E-state index in [2.05, 4.69) is 72.8 Å². The van der Waals surface area contributed by atoms with Crippen LogP contribution in [-0.2, 0) is 0 Å². The fraction of sp³-hybridized carbons (Fsp3) is 0.636. The van der Waals surface area contributed by atoms with Gasteiger partial charge in [-0.15, -0.1) is 0 Å². The lowest BCUT2D eigenvalue weighted by molar-refractivity contribution is 0.151. The van der Waals surface area contributed by atoms with Gasteiger partial charge in [-0.2, -0.15) is 0 Å². The molecule has 1 aromatic carbocycles. The number of rotatable bonds is 7. The molecule has 0 saturated carbocycles. The summed E-state index contributed by atoms with van der Waals surface area (Å²) in [6.45, 7) is 15.3. The first kappa shape index (κ1) is 22.7. The van der Waals surface area contributed by atoms with Crippen LogP contribution in [0.2, 0.25) is 0 Å². The van der Waals surface area contributed by atoms with E-state index in [-0.39, 0.29) is 12.0 Å². The van der Waals surface area contributed by atoms with E-state index in [1.165, 1.54) is 5.56 Å². The highest BCUT2D eigenvalue weighted by atomic mass is 16.5. The zero-order valence-electron chi connectivity index (χ0n) is 17.0. The van der Waals surface area contributed by atoms with Gasteiger partial charge in [0.1, 0.15) is 5.75 Å². The van der Waals surface area contributed by atoms with Gasteiger partial charge in [-0.05, 0) is 47.8 Å². The number of ether oxygens (including phenoxy) is 1. The van der Waals surface area contributed by atoms with Crippen LogP contribution in [0.5, 0.6) is 5.75 Å². The van der Waals surface area contributed by atoms with E-state index in [9.17, 15) is 5.11 Å². The summed E-state index contributed by atoms with van der Waals surface area (Å²) in [5, 5.41) is 9.25. The quantitative estimate of drug-likeness (QED) is 0.634. The lowest BCUT2D eigenvalue weighted by atomic mass is 9.89. The second kappa shape index (κ2) is 11.3. The maximum Gasteiger partial charge on any atom is 0.126 e. The Morgan fingerprint density at radius 3 is 2.17 bits per heavy atom. The van der Waals surface area contributed by atoms with Crippen LogP contribution < -0.4 is 4.74 Å². The number of benzene rings is 1. The molecule has 0 unspecified atom stereocenters. The first-order valence-electron chi connectivity index (χ1n) is 9.08. The van der Waals surface area contributed by atoms with Crippen LogP contribution in [0.4, 0.5) is 0 Å². The highest BCUT2D eigenvalue weighted by Gasteiger charge is 2.14. The SMILES string of the molecule is CC(C)C.COc1ccc(C(C)C)cc1/C=C/CCC(C)(C)CO. The summed E-state index contributed by atoms with van der Waals surface area (Å²) in [5.74, 6) is 2.26. The van der Waals surface area contributed by atoms with Crippen molar-refractivity contribution in [3.8, 4) is 5.75 Å². The highest BCUT2D eigenvalue weighted by molar-refractivity contribution is 5.58. The van der Waals surface area contributed by atoms with Crippen LogP contribution in [0.3, 0.4) is 0 Å². The van der Waals surface area contributed by atoms with Gasteiger partial charge in [0.05, 0.1) is 7.11 Å². The topological polar surface area (TPSA) is 29.5 Å². The van der Waals surface area contributed by atoms with Gasteiger partial charge < -0.3 is 9.84 Å². The summed E-state index contributed by atoms with van der Waals surface area (Å²) in [4.78, 5) is 0. The van der Waals surface area contributed by atoms with Crippen molar-refractivity contribution in [2.24, 2.45) is 11.3 Å². The van der Waals surface area contributed by atoms with Crippen LogP contribution in [0.25, 0.3) is 6.08 Å². The van der Waals surface area contributed by atoms with Crippen molar-refractivity contribution >= 4 is 6.08 Å². The molecule has 0 fully saturated rings. The molecule has 138 valence electrons. The van der Waals surface area contributed by atoms with Crippen LogP contribution >= 0.6 is 0 Å². The third kappa shape index (κ3) is 9.77. The van der Waals surface area contributed by atoms with Gasteiger partial charge in [0.2, 0.25) is 0 Å². The number of allylic oxidation sites excluding steroid dienone is 1. The third-order valence-corrected chi connectivity index (χ3v) is 3.63. The van der Waals surface area contributed by atoms with Crippen molar-refractivity contribution in [3.63, 3.8) is 0 Å². The molecule has 0 saturated heterocycles. The molecular weight excluding hydrogens is 296 g/mol. The van der Waals surface area contributed by atoms with Crippen molar-refractivity contribution in [1.29, 1.82) is 0 Å². The number of aliphatic hydroxyl groups excluding tert-OH is 1. The molecule has 1 N–H and O–H groups in total. The lowest BCUT2D eigenvalue weighted by Crippen LogP contribution is -2.15. The number of methoxy groups -OCH3 is 1. The molecule has 0 radical (unpaired) electrons. The Morgan fingerprint density at radius 2 is 1.71 bits per heavy atom. The van der Waals surface area contributed by atoms with Gasteiger partial charge in [-0.3, -0.25) is 0 Å². The maximum atomic E-state index is 9.25. The number of hydrogen-bond acceptors (Lipinski definition) is 2. The zero-order chi connectivity index (χ0) is 18.8. The van der Waals surface area contributed by atoms with Crippen LogP contribution in [-0.4, -0.2) is 18.8 Å². The Balaban J connectivity index is 0.00000118. The Bertz CT molecular complexity index is 482. The summed E-state index contributed by atoms with van der Waals surface area (Å²) in [7, 11) is 1.70. The summed E-state index contributed by atoms with van der Waals surface area (Å²) in [6.07, 6.45) is 6.23. The van der Waals surface area contributed by atoms with E-state index in [0.717, 1.165) is 30.1 Å².